The Bertz CT molecular complexity index is 323. The monoisotopic (exact) mass is 213 g/mol. The minimum atomic E-state index is -0.508. The van der Waals surface area contributed by atoms with Crippen LogP contribution in [0.25, 0.3) is 0 Å². The second-order valence-corrected chi connectivity index (χ2v) is 4.26. The fraction of sp³-hybridized carbons (Fsp3) is 0.455. The van der Waals surface area contributed by atoms with E-state index in [-0.39, 0.29) is 6.61 Å². The van der Waals surface area contributed by atoms with Gasteiger partial charge in [-0.25, -0.2) is 0 Å². The lowest BCUT2D eigenvalue weighted by Gasteiger charge is -2.24. The number of hydrogen-bond donors (Lipinski definition) is 2. The number of aryl methyl sites for hydroxylation is 1. The van der Waals surface area contributed by atoms with Crippen molar-refractivity contribution < 1.29 is 5.11 Å². The fourth-order valence-electron chi connectivity index (χ4n) is 1.32. The van der Waals surface area contributed by atoms with Crippen molar-refractivity contribution in [2.75, 3.05) is 6.61 Å². The van der Waals surface area contributed by atoms with Crippen molar-refractivity contribution in [2.24, 2.45) is 5.73 Å². The SMILES string of the molecule is Cc1ccc([C@](C)(N)CCO)cc1Cl. The van der Waals surface area contributed by atoms with E-state index in [4.69, 9.17) is 22.4 Å². The largest absolute Gasteiger partial charge is 0.396 e. The molecule has 3 heteroatoms. The highest BCUT2D eigenvalue weighted by Crippen LogP contribution is 2.25. The predicted octanol–water partition coefficient (Wildman–Crippen LogP) is 2.20. The summed E-state index contributed by atoms with van der Waals surface area (Å²) < 4.78 is 0. The molecule has 0 fully saturated rings. The standard InChI is InChI=1S/C11H16ClNO/c1-8-3-4-9(7-10(8)12)11(2,13)5-6-14/h3-4,7,14H,5-6,13H2,1-2H3/t11-/m1/s1. The van der Waals surface area contributed by atoms with Gasteiger partial charge < -0.3 is 10.8 Å². The first-order valence-electron chi connectivity index (χ1n) is 4.64. The van der Waals surface area contributed by atoms with E-state index in [1.807, 2.05) is 32.0 Å². The van der Waals surface area contributed by atoms with Gasteiger partial charge in [-0.2, -0.15) is 0 Å². The van der Waals surface area contributed by atoms with E-state index in [9.17, 15) is 0 Å². The number of hydrogen-bond acceptors (Lipinski definition) is 2. The molecule has 0 amide bonds. The number of benzene rings is 1. The number of nitrogens with two attached hydrogens (primary N) is 1. The van der Waals surface area contributed by atoms with Gasteiger partial charge in [-0.15, -0.1) is 0 Å². The van der Waals surface area contributed by atoms with Crippen molar-refractivity contribution in [1.29, 1.82) is 0 Å². The molecule has 0 aliphatic heterocycles. The molecule has 0 heterocycles. The average molecular weight is 214 g/mol. The Morgan fingerprint density at radius 1 is 1.50 bits per heavy atom. The Labute approximate surface area is 89.7 Å². The molecule has 0 spiro atoms. The summed E-state index contributed by atoms with van der Waals surface area (Å²) in [4.78, 5) is 0. The molecule has 1 atom stereocenters. The van der Waals surface area contributed by atoms with Crippen LogP contribution in [0.3, 0.4) is 0 Å². The van der Waals surface area contributed by atoms with Crippen LogP contribution in [0.2, 0.25) is 5.02 Å². The van der Waals surface area contributed by atoms with E-state index in [1.165, 1.54) is 0 Å². The second kappa shape index (κ2) is 4.30. The molecule has 78 valence electrons. The van der Waals surface area contributed by atoms with E-state index in [0.29, 0.717) is 6.42 Å². The molecule has 0 saturated carbocycles. The summed E-state index contributed by atoms with van der Waals surface area (Å²) in [7, 11) is 0. The van der Waals surface area contributed by atoms with Crippen LogP contribution in [-0.2, 0) is 5.54 Å². The molecule has 14 heavy (non-hydrogen) atoms. The molecule has 0 aromatic heterocycles. The molecule has 0 saturated heterocycles. The highest BCUT2D eigenvalue weighted by molar-refractivity contribution is 6.31. The summed E-state index contributed by atoms with van der Waals surface area (Å²) in [6.07, 6.45) is 0.534. The zero-order valence-electron chi connectivity index (χ0n) is 8.55. The zero-order chi connectivity index (χ0) is 10.8. The Kier molecular flexibility index (Phi) is 3.53. The predicted molar refractivity (Wildman–Crippen MR) is 59.4 cm³/mol. The molecule has 0 bridgehead atoms. The summed E-state index contributed by atoms with van der Waals surface area (Å²) in [5, 5.41) is 9.59. The van der Waals surface area contributed by atoms with Crippen LogP contribution >= 0.6 is 11.6 Å². The smallest absolute Gasteiger partial charge is 0.0451 e. The fourth-order valence-corrected chi connectivity index (χ4v) is 1.51. The maximum atomic E-state index is 8.87. The first kappa shape index (κ1) is 11.5. The molecular formula is C11H16ClNO. The van der Waals surface area contributed by atoms with Gasteiger partial charge in [0, 0.05) is 17.2 Å². The van der Waals surface area contributed by atoms with Gasteiger partial charge in [0.15, 0.2) is 0 Å². The minimum absolute atomic E-state index is 0.0818. The van der Waals surface area contributed by atoms with Crippen molar-refractivity contribution >= 4 is 11.6 Å². The minimum Gasteiger partial charge on any atom is -0.396 e. The van der Waals surface area contributed by atoms with Gasteiger partial charge >= 0.3 is 0 Å². The van der Waals surface area contributed by atoms with Gasteiger partial charge in [-0.05, 0) is 37.5 Å². The van der Waals surface area contributed by atoms with Gasteiger partial charge in [0.2, 0.25) is 0 Å². The third kappa shape index (κ3) is 2.47. The number of rotatable bonds is 3. The number of halogens is 1. The van der Waals surface area contributed by atoms with E-state index in [2.05, 4.69) is 0 Å². The summed E-state index contributed by atoms with van der Waals surface area (Å²) in [5.74, 6) is 0. The van der Waals surface area contributed by atoms with E-state index >= 15 is 0 Å². The summed E-state index contributed by atoms with van der Waals surface area (Å²) in [5.41, 5.74) is 7.54. The Morgan fingerprint density at radius 2 is 2.14 bits per heavy atom. The molecule has 0 aliphatic rings. The van der Waals surface area contributed by atoms with Crippen LogP contribution in [0.15, 0.2) is 18.2 Å². The molecule has 3 N–H and O–H groups in total. The summed E-state index contributed by atoms with van der Waals surface area (Å²) in [6, 6.07) is 5.77. The van der Waals surface area contributed by atoms with Crippen molar-refractivity contribution in [3.05, 3.63) is 34.3 Å². The first-order chi connectivity index (χ1) is 6.47. The van der Waals surface area contributed by atoms with E-state index in [1.54, 1.807) is 0 Å². The molecule has 1 aromatic rings. The zero-order valence-corrected chi connectivity index (χ0v) is 9.30. The molecule has 0 unspecified atom stereocenters. The Morgan fingerprint density at radius 3 is 2.64 bits per heavy atom. The quantitative estimate of drug-likeness (QED) is 0.809. The molecule has 1 rings (SSSR count). The average Bonchev–Trinajstić information content (AvgIpc) is 2.09. The summed E-state index contributed by atoms with van der Waals surface area (Å²) in [6.45, 7) is 3.93. The lowest BCUT2D eigenvalue weighted by molar-refractivity contribution is 0.247. The van der Waals surface area contributed by atoms with Crippen molar-refractivity contribution in [3.63, 3.8) is 0 Å². The van der Waals surface area contributed by atoms with Crippen molar-refractivity contribution in [1.82, 2.24) is 0 Å². The van der Waals surface area contributed by atoms with Crippen LogP contribution in [0.1, 0.15) is 24.5 Å². The summed E-state index contributed by atoms with van der Waals surface area (Å²) >= 11 is 6.00. The molecule has 2 nitrogen and oxygen atoms in total. The van der Waals surface area contributed by atoms with Crippen LogP contribution in [-0.4, -0.2) is 11.7 Å². The third-order valence-corrected chi connectivity index (χ3v) is 2.87. The van der Waals surface area contributed by atoms with Crippen LogP contribution in [0.5, 0.6) is 0 Å². The molecule has 1 aromatic carbocycles. The van der Waals surface area contributed by atoms with Gasteiger partial charge in [0.25, 0.3) is 0 Å². The van der Waals surface area contributed by atoms with Crippen molar-refractivity contribution in [3.8, 4) is 0 Å². The number of aliphatic hydroxyl groups excluding tert-OH is 1. The highest BCUT2D eigenvalue weighted by atomic mass is 35.5. The molecule has 0 aliphatic carbocycles. The van der Waals surface area contributed by atoms with Crippen molar-refractivity contribution in [2.45, 2.75) is 25.8 Å². The first-order valence-corrected chi connectivity index (χ1v) is 5.01. The van der Waals surface area contributed by atoms with E-state index in [0.717, 1.165) is 16.1 Å². The molecular weight excluding hydrogens is 198 g/mol. The maximum Gasteiger partial charge on any atom is 0.0451 e. The lowest BCUT2D eigenvalue weighted by Crippen LogP contribution is -2.34. The lowest BCUT2D eigenvalue weighted by atomic mass is 9.90. The normalized spacial score (nSPS) is 15.2. The second-order valence-electron chi connectivity index (χ2n) is 3.86. The number of aliphatic hydroxyl groups is 1. The van der Waals surface area contributed by atoms with Crippen LogP contribution in [0, 0.1) is 6.92 Å². The van der Waals surface area contributed by atoms with Gasteiger partial charge in [-0.1, -0.05) is 23.7 Å². The van der Waals surface area contributed by atoms with Crippen LogP contribution in [0.4, 0.5) is 0 Å². The highest BCUT2D eigenvalue weighted by Gasteiger charge is 2.20. The van der Waals surface area contributed by atoms with Gasteiger partial charge in [0.1, 0.15) is 0 Å². The van der Waals surface area contributed by atoms with Crippen LogP contribution < -0.4 is 5.73 Å². The topological polar surface area (TPSA) is 46.2 Å². The molecule has 0 radical (unpaired) electrons. The van der Waals surface area contributed by atoms with E-state index < -0.39 is 5.54 Å². The van der Waals surface area contributed by atoms with Gasteiger partial charge in [0.05, 0.1) is 0 Å². The Hall–Kier alpha value is -0.570. The maximum absolute atomic E-state index is 8.87. The van der Waals surface area contributed by atoms with Gasteiger partial charge in [-0.3, -0.25) is 0 Å². The third-order valence-electron chi connectivity index (χ3n) is 2.46. The Balaban J connectivity index is 3.01.